The maximum absolute atomic E-state index is 12.1. The molecule has 2 fully saturated rings. The number of likely N-dealkylation sites (N-methyl/N-ethyl adjacent to an activating group) is 1. The fourth-order valence-corrected chi connectivity index (χ4v) is 5.19. The summed E-state index contributed by atoms with van der Waals surface area (Å²) < 4.78 is 12.4. The smallest absolute Gasteiger partial charge is 0.361 e. The number of unbranched alkanes of at least 4 members (excludes halogenated alkanes) is 4. The van der Waals surface area contributed by atoms with Crippen LogP contribution in [0.4, 0.5) is 0 Å². The van der Waals surface area contributed by atoms with Crippen molar-refractivity contribution in [2.45, 2.75) is 85.2 Å². The molecule has 0 radical (unpaired) electrons. The zero-order valence-electron chi connectivity index (χ0n) is 18.8. The molecule has 0 heterocycles. The molecule has 158 valence electrons. The van der Waals surface area contributed by atoms with Crippen LogP contribution in [0.2, 0.25) is 0 Å². The molecule has 0 amide bonds. The highest BCUT2D eigenvalue weighted by molar-refractivity contribution is 5.70. The largest absolute Gasteiger partial charge is 0.462 e. The van der Waals surface area contributed by atoms with Gasteiger partial charge in [0.1, 0.15) is 6.54 Å². The van der Waals surface area contributed by atoms with Gasteiger partial charge in [0.2, 0.25) is 0 Å². The van der Waals surface area contributed by atoms with E-state index in [-0.39, 0.29) is 5.97 Å². The van der Waals surface area contributed by atoms with Gasteiger partial charge in [-0.2, -0.15) is 0 Å². The predicted molar refractivity (Wildman–Crippen MR) is 111 cm³/mol. The van der Waals surface area contributed by atoms with Crippen LogP contribution < -0.4 is 0 Å². The van der Waals surface area contributed by atoms with Crippen LogP contribution in [0.3, 0.4) is 0 Å². The minimum atomic E-state index is -0.0801. The first-order chi connectivity index (χ1) is 12.6. The molecule has 2 saturated carbocycles. The van der Waals surface area contributed by atoms with Gasteiger partial charge >= 0.3 is 5.97 Å². The predicted octanol–water partition coefficient (Wildman–Crippen LogP) is 4.81. The summed E-state index contributed by atoms with van der Waals surface area (Å²) in [7, 11) is 4.19. The van der Waals surface area contributed by atoms with Crippen molar-refractivity contribution in [2.24, 2.45) is 16.7 Å². The van der Waals surface area contributed by atoms with Crippen molar-refractivity contribution in [1.82, 2.24) is 0 Å². The molecule has 2 bridgehead atoms. The first kappa shape index (κ1) is 22.7. The van der Waals surface area contributed by atoms with Crippen molar-refractivity contribution in [3.63, 3.8) is 0 Å². The third-order valence-corrected chi connectivity index (χ3v) is 7.80. The number of carbonyl (C=O) groups excluding carboxylic acids is 1. The Kier molecular flexibility index (Phi) is 7.78. The van der Waals surface area contributed by atoms with Gasteiger partial charge in [-0.3, -0.25) is 0 Å². The molecule has 4 heteroatoms. The summed E-state index contributed by atoms with van der Waals surface area (Å²) in [5, 5.41) is 0. The van der Waals surface area contributed by atoms with Crippen molar-refractivity contribution in [2.75, 3.05) is 40.4 Å². The Morgan fingerprint density at radius 3 is 2.37 bits per heavy atom. The first-order valence-corrected chi connectivity index (χ1v) is 11.2. The highest BCUT2D eigenvalue weighted by Crippen LogP contribution is 2.66. The third-order valence-electron chi connectivity index (χ3n) is 7.80. The Balaban J connectivity index is 1.64. The molecule has 2 aliphatic carbocycles. The van der Waals surface area contributed by atoms with Gasteiger partial charge in [-0.25, -0.2) is 4.79 Å². The zero-order chi connectivity index (χ0) is 20.1. The van der Waals surface area contributed by atoms with Gasteiger partial charge in [0.05, 0.1) is 33.4 Å². The lowest BCUT2D eigenvalue weighted by Gasteiger charge is -2.39. The van der Waals surface area contributed by atoms with E-state index < -0.39 is 0 Å². The lowest BCUT2D eigenvalue weighted by molar-refractivity contribution is -0.883. The van der Waals surface area contributed by atoms with E-state index in [1.165, 1.54) is 38.5 Å². The summed E-state index contributed by atoms with van der Waals surface area (Å²) in [5.74, 6) is 0.728. The molecule has 2 aliphatic rings. The molecule has 0 aromatic rings. The summed E-state index contributed by atoms with van der Waals surface area (Å²) in [5.41, 5.74) is 0.703. The third kappa shape index (κ3) is 5.47. The second-order valence-corrected chi connectivity index (χ2v) is 10.4. The number of rotatable bonds is 12. The van der Waals surface area contributed by atoms with Gasteiger partial charge in [0.15, 0.2) is 6.54 Å². The Hall–Kier alpha value is -0.610. The van der Waals surface area contributed by atoms with Crippen molar-refractivity contribution >= 4 is 5.97 Å². The summed E-state index contributed by atoms with van der Waals surface area (Å²) in [6, 6.07) is 0. The van der Waals surface area contributed by atoms with E-state index in [0.717, 1.165) is 31.9 Å². The summed E-state index contributed by atoms with van der Waals surface area (Å²) >= 11 is 0. The van der Waals surface area contributed by atoms with Crippen LogP contribution in [0.15, 0.2) is 0 Å². The maximum atomic E-state index is 12.1. The van der Waals surface area contributed by atoms with Gasteiger partial charge in [0, 0.05) is 0 Å². The summed E-state index contributed by atoms with van der Waals surface area (Å²) in [6.45, 7) is 12.0. The Bertz CT molecular complexity index is 488. The molecule has 0 aliphatic heterocycles. The second-order valence-electron chi connectivity index (χ2n) is 10.4. The van der Waals surface area contributed by atoms with Crippen LogP contribution in [0.25, 0.3) is 0 Å². The molecule has 3 atom stereocenters. The minimum Gasteiger partial charge on any atom is -0.462 e. The average Bonchev–Trinajstić information content (AvgIpc) is 2.91. The van der Waals surface area contributed by atoms with Crippen LogP contribution in [-0.2, 0) is 14.3 Å². The lowest BCUT2D eigenvalue weighted by atomic mass is 9.70. The monoisotopic (exact) mass is 382 g/mol. The van der Waals surface area contributed by atoms with E-state index in [0.29, 0.717) is 34.6 Å². The van der Waals surface area contributed by atoms with Gasteiger partial charge in [-0.1, -0.05) is 53.4 Å². The molecule has 27 heavy (non-hydrogen) atoms. The summed E-state index contributed by atoms with van der Waals surface area (Å²) in [6.07, 6.45) is 10.1. The molecule has 0 N–H and O–H groups in total. The lowest BCUT2D eigenvalue weighted by Crippen LogP contribution is -2.47. The topological polar surface area (TPSA) is 35.5 Å². The van der Waals surface area contributed by atoms with Crippen LogP contribution in [0.5, 0.6) is 0 Å². The number of carbonyl (C=O) groups is 1. The SMILES string of the molecule is CCCCCCCOC(=O)C[N+](C)(C)CCO[C@H]1C[C@@H]2CC[C@@]1(C)C2(C)C. The quantitative estimate of drug-likeness (QED) is 0.276. The molecule has 0 aromatic carbocycles. The van der Waals surface area contributed by atoms with Crippen LogP contribution in [0.1, 0.15) is 79.1 Å². The molecule has 0 spiro atoms. The number of hydrogen-bond acceptors (Lipinski definition) is 3. The van der Waals surface area contributed by atoms with E-state index in [9.17, 15) is 4.79 Å². The van der Waals surface area contributed by atoms with Crippen molar-refractivity contribution in [1.29, 1.82) is 0 Å². The normalized spacial score (nSPS) is 29.3. The Labute approximate surface area is 167 Å². The molecule has 0 unspecified atom stereocenters. The number of ether oxygens (including phenoxy) is 2. The second kappa shape index (κ2) is 9.26. The van der Waals surface area contributed by atoms with E-state index in [2.05, 4.69) is 41.8 Å². The molecule has 2 rings (SSSR count). The Morgan fingerprint density at radius 1 is 1.07 bits per heavy atom. The van der Waals surface area contributed by atoms with Gasteiger partial charge in [0.25, 0.3) is 0 Å². The number of fused-ring (bicyclic) bond motifs is 2. The van der Waals surface area contributed by atoms with E-state index in [1.807, 2.05) is 0 Å². The molecule has 4 nitrogen and oxygen atoms in total. The molecular formula is C23H44NO3+. The van der Waals surface area contributed by atoms with Gasteiger partial charge in [-0.05, 0) is 42.4 Å². The number of nitrogens with zero attached hydrogens (tertiary/aromatic N) is 1. The van der Waals surface area contributed by atoms with Crippen molar-refractivity contribution in [3.8, 4) is 0 Å². The van der Waals surface area contributed by atoms with Crippen molar-refractivity contribution < 1.29 is 18.8 Å². The highest BCUT2D eigenvalue weighted by atomic mass is 16.5. The zero-order valence-corrected chi connectivity index (χ0v) is 18.8. The standard InChI is InChI=1S/C23H44NO3/c1-7-8-9-10-11-15-27-21(25)18-24(5,6)14-16-26-20-17-19-12-13-23(20,4)22(19,2)3/h19-20H,7-18H2,1-6H3/q+1/t19-,20-,23+/m0/s1. The van der Waals surface area contributed by atoms with Crippen LogP contribution in [0, 0.1) is 16.7 Å². The van der Waals surface area contributed by atoms with E-state index in [4.69, 9.17) is 9.47 Å². The molecular weight excluding hydrogens is 338 g/mol. The number of hydrogen-bond donors (Lipinski definition) is 0. The maximum Gasteiger partial charge on any atom is 0.361 e. The van der Waals surface area contributed by atoms with Crippen LogP contribution in [-0.4, -0.2) is 57.0 Å². The summed E-state index contributed by atoms with van der Waals surface area (Å²) in [4.78, 5) is 12.1. The van der Waals surface area contributed by atoms with Crippen LogP contribution >= 0.6 is 0 Å². The number of quaternary nitrogens is 1. The van der Waals surface area contributed by atoms with E-state index >= 15 is 0 Å². The minimum absolute atomic E-state index is 0.0801. The average molecular weight is 383 g/mol. The fourth-order valence-electron chi connectivity index (χ4n) is 5.19. The molecule has 0 aromatic heterocycles. The fraction of sp³-hybridized carbons (Fsp3) is 0.957. The first-order valence-electron chi connectivity index (χ1n) is 11.2. The van der Waals surface area contributed by atoms with Gasteiger partial charge < -0.3 is 14.0 Å². The van der Waals surface area contributed by atoms with Crippen molar-refractivity contribution in [3.05, 3.63) is 0 Å². The molecule has 0 saturated heterocycles. The highest BCUT2D eigenvalue weighted by Gasteiger charge is 2.61. The van der Waals surface area contributed by atoms with Gasteiger partial charge in [-0.15, -0.1) is 0 Å². The number of esters is 1. The Morgan fingerprint density at radius 2 is 1.78 bits per heavy atom. The van der Waals surface area contributed by atoms with E-state index in [1.54, 1.807) is 0 Å².